The van der Waals surface area contributed by atoms with Crippen LogP contribution in [0.2, 0.25) is 0 Å². The number of hydrogen-bond acceptors (Lipinski definition) is 11. The predicted octanol–water partition coefficient (Wildman–Crippen LogP) is 2.55. The van der Waals surface area contributed by atoms with E-state index in [1.165, 1.54) is 17.0 Å². The van der Waals surface area contributed by atoms with Crippen molar-refractivity contribution in [1.82, 2.24) is 9.68 Å². The van der Waals surface area contributed by atoms with Crippen LogP contribution in [0.3, 0.4) is 0 Å². The van der Waals surface area contributed by atoms with Crippen LogP contribution in [0.5, 0.6) is 11.5 Å². The van der Waals surface area contributed by atoms with Gasteiger partial charge in [-0.15, -0.1) is 0 Å². The molecule has 2 unspecified atom stereocenters. The fraction of sp³-hybridized carbons (Fsp3) is 0.381. The third-order valence-corrected chi connectivity index (χ3v) is 9.47. The number of ether oxygens (including phenoxy) is 1. The molecule has 204 valence electrons. The number of benzene rings is 2. The van der Waals surface area contributed by atoms with Crippen molar-refractivity contribution >= 4 is 41.0 Å². The van der Waals surface area contributed by atoms with E-state index in [-0.39, 0.29) is 6.54 Å². The molecule has 36 heavy (non-hydrogen) atoms. The van der Waals surface area contributed by atoms with Crippen LogP contribution in [0.1, 0.15) is 36.7 Å². The molecule has 0 aromatic heterocycles. The second-order valence-electron chi connectivity index (χ2n) is 8.17. The zero-order valence-electron chi connectivity index (χ0n) is 20.4. The molecule has 2 aromatic rings. The molecule has 2 aromatic carbocycles. The van der Waals surface area contributed by atoms with Gasteiger partial charge in [0.15, 0.2) is 0 Å². The van der Waals surface area contributed by atoms with Crippen LogP contribution < -0.4 is 9.26 Å². The summed E-state index contributed by atoms with van der Waals surface area (Å²) in [5, 5.41) is 4.33. The molecule has 2 rings (SSSR count). The first-order chi connectivity index (χ1) is 16.8. The average Bonchev–Trinajstić information content (AvgIpc) is 2.80. The Kier molecular flexibility index (Phi) is 12.1. The molecule has 0 aliphatic heterocycles. The number of nitrogens with zero attached hydrogens (tertiary/aromatic N) is 3. The molecule has 0 spiro atoms. The first kappa shape index (κ1) is 31.0. The number of hydrogen-bond donors (Lipinski definition) is 6. The van der Waals surface area contributed by atoms with Gasteiger partial charge >= 0.3 is 188 Å². The fourth-order valence-corrected chi connectivity index (χ4v) is 6.86. The van der Waals surface area contributed by atoms with Crippen LogP contribution in [0.25, 0.3) is 0 Å². The second kappa shape index (κ2) is 14.0. The third kappa shape index (κ3) is 10.2. The predicted molar refractivity (Wildman–Crippen MR) is 150 cm³/mol. The second-order valence-corrected chi connectivity index (χ2v) is 14.4. The van der Waals surface area contributed by atoms with Gasteiger partial charge in [0.1, 0.15) is 5.75 Å². The Hall–Kier alpha value is -1.26. The van der Waals surface area contributed by atoms with Gasteiger partial charge in [-0.2, -0.15) is 0 Å². The Morgan fingerprint density at radius 2 is 1.58 bits per heavy atom. The number of hydrazone groups is 1. The van der Waals surface area contributed by atoms with Crippen molar-refractivity contribution in [2.24, 2.45) is 5.10 Å². The minimum atomic E-state index is -4.83. The van der Waals surface area contributed by atoms with E-state index in [0.717, 1.165) is 17.7 Å². The SMILES string of the molecule is CCCCN(C[PH](O)(O)O)C(c1ccc(O[PH](=S)N(C)/N=C/c2ccc(OC)cc2)cc1)[PH](O)(O)O. The first-order valence-electron chi connectivity index (χ1n) is 11.2. The minimum absolute atomic E-state index is 0.211. The molecule has 0 bridgehead atoms. The molecule has 0 saturated heterocycles. The normalized spacial score (nSPS) is 15.1. The standard InChI is InChI=1S/C21H36N3O8P3S/c1-4-5-14-24(16-34(25,26)27)21(35(28,29)30)18-8-12-20(13-9-18)32-33(36)23(2)22-15-17-6-10-19(31-3)11-7-17/h6-13,15,21,25-30,33-35H,4-5,14,16H2,1-3H3/b22-15+. The molecule has 0 saturated carbocycles. The Balaban J connectivity index is 2.13. The molecule has 0 fully saturated rings. The molecule has 0 heterocycles. The molecule has 2 atom stereocenters. The third-order valence-electron chi connectivity index (χ3n) is 5.11. The van der Waals surface area contributed by atoms with E-state index in [1.54, 1.807) is 37.3 Å². The summed E-state index contributed by atoms with van der Waals surface area (Å²) in [5.74, 6) is -0.157. The summed E-state index contributed by atoms with van der Waals surface area (Å²) in [6, 6.07) is 13.6. The summed E-state index contributed by atoms with van der Waals surface area (Å²) in [6.45, 7) is 2.12. The summed E-state index contributed by atoms with van der Waals surface area (Å²) >= 11 is 5.46. The summed E-state index contributed by atoms with van der Waals surface area (Å²) in [5.41, 5.74) is 1.18. The van der Waals surface area contributed by atoms with Crippen LogP contribution in [0, 0.1) is 0 Å². The Morgan fingerprint density at radius 1 is 1.00 bits per heavy atom. The van der Waals surface area contributed by atoms with Gasteiger partial charge in [-0.1, -0.05) is 0 Å². The Bertz CT molecular complexity index is 1000. The molecular formula is C21H36N3O8P3S. The van der Waals surface area contributed by atoms with Gasteiger partial charge in [-0.25, -0.2) is 0 Å². The van der Waals surface area contributed by atoms with Gasteiger partial charge in [-0.05, 0) is 12.1 Å². The zero-order valence-corrected chi connectivity index (χ0v) is 24.2. The average molecular weight is 584 g/mol. The summed E-state index contributed by atoms with van der Waals surface area (Å²) in [4.78, 5) is 60.7. The molecule has 11 nitrogen and oxygen atoms in total. The number of methoxy groups -OCH3 is 1. The number of unbranched alkanes of at least 4 members (excludes halogenated alkanes) is 1. The topological polar surface area (TPSA) is 159 Å². The summed E-state index contributed by atoms with van der Waals surface area (Å²) < 4.78 is 12.5. The van der Waals surface area contributed by atoms with Crippen LogP contribution in [-0.2, 0) is 11.8 Å². The van der Waals surface area contributed by atoms with E-state index in [1.807, 2.05) is 31.2 Å². The van der Waals surface area contributed by atoms with Gasteiger partial charge in [-0.3, -0.25) is 0 Å². The first-order valence-corrected chi connectivity index (χ1v) is 17.6. The van der Waals surface area contributed by atoms with Crippen molar-refractivity contribution in [3.05, 3.63) is 59.7 Å². The van der Waals surface area contributed by atoms with Gasteiger partial charge < -0.3 is 4.74 Å². The molecule has 0 aliphatic rings. The van der Waals surface area contributed by atoms with E-state index in [2.05, 4.69) is 5.10 Å². The van der Waals surface area contributed by atoms with Gasteiger partial charge in [0.05, 0.1) is 7.11 Å². The van der Waals surface area contributed by atoms with Crippen molar-refractivity contribution in [2.75, 3.05) is 27.0 Å². The Morgan fingerprint density at radius 3 is 2.08 bits per heavy atom. The quantitative estimate of drug-likeness (QED) is 0.110. The van der Waals surface area contributed by atoms with Crippen molar-refractivity contribution in [2.45, 2.75) is 25.5 Å². The fourth-order valence-electron chi connectivity index (χ4n) is 3.39. The van der Waals surface area contributed by atoms with E-state index in [0.29, 0.717) is 17.7 Å². The van der Waals surface area contributed by atoms with Gasteiger partial charge in [0.25, 0.3) is 0 Å². The van der Waals surface area contributed by atoms with Crippen molar-refractivity contribution < 1.29 is 38.6 Å². The van der Waals surface area contributed by atoms with Gasteiger partial charge in [0, 0.05) is 0 Å². The van der Waals surface area contributed by atoms with E-state index in [4.69, 9.17) is 21.1 Å². The van der Waals surface area contributed by atoms with Crippen LogP contribution >= 0.6 is 23.0 Å². The molecular weight excluding hydrogens is 547 g/mol. The van der Waals surface area contributed by atoms with Crippen LogP contribution in [0.15, 0.2) is 53.6 Å². The molecule has 0 radical (unpaired) electrons. The van der Waals surface area contributed by atoms with E-state index >= 15 is 0 Å². The molecule has 0 amide bonds. The number of rotatable bonds is 14. The van der Waals surface area contributed by atoms with Crippen LogP contribution in [0.4, 0.5) is 0 Å². The molecule has 0 aliphatic carbocycles. The summed E-state index contributed by atoms with van der Waals surface area (Å²) in [6.07, 6.45) is 2.39. The monoisotopic (exact) mass is 583 g/mol. The molecule has 15 heteroatoms. The van der Waals surface area contributed by atoms with Crippen molar-refractivity contribution in [3.8, 4) is 11.5 Å². The maximum absolute atomic E-state index is 10.2. The Labute approximate surface area is 218 Å². The van der Waals surface area contributed by atoms with Crippen molar-refractivity contribution in [3.63, 3.8) is 0 Å². The molecule has 6 N–H and O–H groups in total. The zero-order chi connectivity index (χ0) is 26.9. The van der Waals surface area contributed by atoms with Crippen LogP contribution in [-0.4, -0.2) is 72.2 Å². The van der Waals surface area contributed by atoms with E-state index in [9.17, 15) is 29.4 Å². The maximum atomic E-state index is 10.2. The summed E-state index contributed by atoms with van der Waals surface area (Å²) in [7, 11) is -8.07. The van der Waals surface area contributed by atoms with Gasteiger partial charge in [0.2, 0.25) is 0 Å². The van der Waals surface area contributed by atoms with E-state index < -0.39 is 35.0 Å². The van der Waals surface area contributed by atoms with Crippen molar-refractivity contribution in [1.29, 1.82) is 0 Å².